The molecular formula is C14H27O4P. The van der Waals surface area contributed by atoms with Crippen molar-refractivity contribution < 1.29 is 18.1 Å². The summed E-state index contributed by atoms with van der Waals surface area (Å²) in [6, 6.07) is 0. The predicted octanol–water partition coefficient (Wildman–Crippen LogP) is 5.18. The Morgan fingerprint density at radius 3 is 1.95 bits per heavy atom. The van der Waals surface area contributed by atoms with Crippen LogP contribution in [0.5, 0.6) is 0 Å². The highest BCUT2D eigenvalue weighted by molar-refractivity contribution is 7.50. The molecule has 0 radical (unpaired) electrons. The van der Waals surface area contributed by atoms with Gasteiger partial charge in [-0.05, 0) is 13.3 Å². The Labute approximate surface area is 116 Å². The number of rotatable bonds is 10. The molecule has 0 spiro atoms. The van der Waals surface area contributed by atoms with Gasteiger partial charge in [0, 0.05) is 0 Å². The van der Waals surface area contributed by atoms with E-state index in [1.807, 2.05) is 6.92 Å². The molecule has 19 heavy (non-hydrogen) atoms. The van der Waals surface area contributed by atoms with Crippen LogP contribution >= 0.6 is 7.82 Å². The van der Waals surface area contributed by atoms with Crippen LogP contribution in [-0.2, 0) is 18.1 Å². The Hall–Kier alpha value is 0.110. The number of phosphoric ester groups is 1. The van der Waals surface area contributed by atoms with Crippen LogP contribution in [0.4, 0.5) is 0 Å². The second-order valence-electron chi connectivity index (χ2n) is 5.86. The molecule has 3 aliphatic heterocycles. The molecule has 3 rings (SSSR count). The first-order chi connectivity index (χ1) is 9.08. The van der Waals surface area contributed by atoms with Crippen LogP contribution < -0.4 is 0 Å². The van der Waals surface area contributed by atoms with E-state index in [-0.39, 0.29) is 6.10 Å². The Kier molecular flexibility index (Phi) is 5.47. The van der Waals surface area contributed by atoms with Gasteiger partial charge in [0.05, 0.1) is 0 Å². The molecule has 1 atom stereocenters. The molecule has 3 aliphatic rings. The summed E-state index contributed by atoms with van der Waals surface area (Å²) >= 11 is 0. The molecule has 3 heterocycles. The van der Waals surface area contributed by atoms with Gasteiger partial charge in [0.15, 0.2) is 0 Å². The summed E-state index contributed by atoms with van der Waals surface area (Å²) in [4.78, 5) is 0. The first-order valence-electron chi connectivity index (χ1n) is 7.78. The lowest BCUT2D eigenvalue weighted by Gasteiger charge is -2.32. The van der Waals surface area contributed by atoms with Crippen molar-refractivity contribution in [2.45, 2.75) is 89.9 Å². The lowest BCUT2D eigenvalue weighted by Crippen LogP contribution is -2.40. The smallest absolute Gasteiger partial charge is 0.278 e. The third-order valence-electron chi connectivity index (χ3n) is 4.00. The minimum Gasteiger partial charge on any atom is -0.278 e. The van der Waals surface area contributed by atoms with Gasteiger partial charge in [-0.1, -0.05) is 64.7 Å². The minimum atomic E-state index is -3.10. The maximum Gasteiger partial charge on any atom is 0.480 e. The fourth-order valence-corrected chi connectivity index (χ4v) is 4.65. The summed E-state index contributed by atoms with van der Waals surface area (Å²) in [6.45, 7) is 4.06. The van der Waals surface area contributed by atoms with Crippen LogP contribution in [-0.4, -0.2) is 11.9 Å². The van der Waals surface area contributed by atoms with Crippen molar-refractivity contribution in [1.82, 2.24) is 0 Å². The van der Waals surface area contributed by atoms with Crippen LogP contribution in [0.2, 0.25) is 0 Å². The lowest BCUT2D eigenvalue weighted by atomic mass is 10.0. The topological polar surface area (TPSA) is 44.8 Å². The molecule has 0 amide bonds. The van der Waals surface area contributed by atoms with Gasteiger partial charge in [0.2, 0.25) is 5.79 Å². The highest BCUT2D eigenvalue weighted by Crippen LogP contribution is 2.74. The highest BCUT2D eigenvalue weighted by atomic mass is 31.2. The zero-order chi connectivity index (χ0) is 13.8. The van der Waals surface area contributed by atoms with E-state index in [1.54, 1.807) is 0 Å². The molecule has 3 saturated heterocycles. The molecule has 112 valence electrons. The van der Waals surface area contributed by atoms with E-state index in [2.05, 4.69) is 6.92 Å². The summed E-state index contributed by atoms with van der Waals surface area (Å²) in [5.41, 5.74) is 0. The van der Waals surface area contributed by atoms with Crippen molar-refractivity contribution in [3.05, 3.63) is 0 Å². The van der Waals surface area contributed by atoms with Gasteiger partial charge in [-0.15, -0.1) is 0 Å². The van der Waals surface area contributed by atoms with E-state index in [1.165, 1.54) is 51.4 Å². The predicted molar refractivity (Wildman–Crippen MR) is 74.9 cm³/mol. The van der Waals surface area contributed by atoms with Crippen molar-refractivity contribution in [3.63, 3.8) is 0 Å². The molecule has 1 unspecified atom stereocenters. The van der Waals surface area contributed by atoms with Crippen LogP contribution in [0, 0.1) is 0 Å². The number of hydrogen-bond acceptors (Lipinski definition) is 4. The van der Waals surface area contributed by atoms with Crippen LogP contribution in [0.25, 0.3) is 0 Å². The molecule has 5 heteroatoms. The van der Waals surface area contributed by atoms with E-state index in [0.717, 1.165) is 12.8 Å². The summed E-state index contributed by atoms with van der Waals surface area (Å²) in [5.74, 6) is -0.727. The summed E-state index contributed by atoms with van der Waals surface area (Å²) < 4.78 is 27.2. The third kappa shape index (κ3) is 4.04. The molecule has 0 aromatic heterocycles. The van der Waals surface area contributed by atoms with Gasteiger partial charge in [0.1, 0.15) is 6.10 Å². The van der Waals surface area contributed by atoms with Gasteiger partial charge in [-0.3, -0.25) is 13.6 Å². The Morgan fingerprint density at radius 2 is 1.47 bits per heavy atom. The molecule has 2 bridgehead atoms. The lowest BCUT2D eigenvalue weighted by molar-refractivity contribution is -0.169. The average molecular weight is 290 g/mol. The monoisotopic (exact) mass is 290 g/mol. The Balaban J connectivity index is 1.44. The summed E-state index contributed by atoms with van der Waals surface area (Å²) in [7, 11) is -3.10. The van der Waals surface area contributed by atoms with E-state index in [4.69, 9.17) is 13.6 Å². The number of hydrogen-bond donors (Lipinski definition) is 0. The van der Waals surface area contributed by atoms with Gasteiger partial charge in [-0.2, -0.15) is 0 Å². The van der Waals surface area contributed by atoms with E-state index in [0.29, 0.717) is 0 Å². The van der Waals surface area contributed by atoms with Crippen molar-refractivity contribution >= 4 is 7.82 Å². The number of phosphoric acid groups is 1. The Bertz CT molecular complexity index is 321. The van der Waals surface area contributed by atoms with Crippen molar-refractivity contribution in [2.24, 2.45) is 0 Å². The van der Waals surface area contributed by atoms with Crippen LogP contribution in [0.15, 0.2) is 0 Å². The zero-order valence-corrected chi connectivity index (χ0v) is 13.1. The van der Waals surface area contributed by atoms with E-state index in [9.17, 15) is 4.57 Å². The van der Waals surface area contributed by atoms with E-state index < -0.39 is 13.6 Å². The largest absolute Gasteiger partial charge is 0.480 e. The SMILES string of the molecule is CCCCCCCCCCCC1OP2(=O)OC1(C)O2. The van der Waals surface area contributed by atoms with Crippen molar-refractivity contribution in [3.8, 4) is 0 Å². The molecular weight excluding hydrogens is 263 g/mol. The zero-order valence-electron chi connectivity index (χ0n) is 12.2. The standard InChI is InChI=1S/C14H27O4P/c1-3-4-5-6-7-8-9-10-11-12-13-14(2)17-19(15,16-13)18-14/h13H,3-12H2,1-2H3. The molecule has 0 N–H and O–H groups in total. The van der Waals surface area contributed by atoms with Crippen LogP contribution in [0.3, 0.4) is 0 Å². The number of fused-ring (bicyclic) bond motifs is 1. The first-order valence-corrected chi connectivity index (χ1v) is 9.24. The average Bonchev–Trinajstić information content (AvgIpc) is 2.72. The molecule has 4 nitrogen and oxygen atoms in total. The Morgan fingerprint density at radius 1 is 0.947 bits per heavy atom. The number of unbranched alkanes of at least 4 members (excludes halogenated alkanes) is 8. The summed E-state index contributed by atoms with van der Waals surface area (Å²) in [6.07, 6.45) is 12.5. The van der Waals surface area contributed by atoms with E-state index >= 15 is 0 Å². The summed E-state index contributed by atoms with van der Waals surface area (Å²) in [5, 5.41) is 0. The van der Waals surface area contributed by atoms with Gasteiger partial charge in [-0.25, -0.2) is 4.57 Å². The molecule has 0 aromatic carbocycles. The van der Waals surface area contributed by atoms with Crippen LogP contribution in [0.1, 0.15) is 78.1 Å². The second kappa shape index (κ2) is 6.71. The highest BCUT2D eigenvalue weighted by Gasteiger charge is 2.67. The molecule has 0 saturated carbocycles. The molecule has 0 aromatic rings. The third-order valence-corrected chi connectivity index (χ3v) is 5.68. The maximum atomic E-state index is 11.5. The van der Waals surface area contributed by atoms with Gasteiger partial charge in [0.25, 0.3) is 0 Å². The fourth-order valence-electron chi connectivity index (χ4n) is 2.82. The molecule has 0 aliphatic carbocycles. The molecule has 3 fully saturated rings. The second-order valence-corrected chi connectivity index (χ2v) is 7.33. The normalized spacial score (nSPS) is 36.4. The minimum absolute atomic E-state index is 0.136. The van der Waals surface area contributed by atoms with Gasteiger partial charge >= 0.3 is 7.82 Å². The van der Waals surface area contributed by atoms with Crippen molar-refractivity contribution in [1.29, 1.82) is 0 Å². The first kappa shape index (κ1) is 15.5. The quantitative estimate of drug-likeness (QED) is 0.411. The van der Waals surface area contributed by atoms with Gasteiger partial charge < -0.3 is 0 Å². The maximum absolute atomic E-state index is 11.5. The van der Waals surface area contributed by atoms with Crippen molar-refractivity contribution in [2.75, 3.05) is 0 Å². The fraction of sp³-hybridized carbons (Fsp3) is 1.00.